The first-order valence-corrected chi connectivity index (χ1v) is 10.3. The van der Waals surface area contributed by atoms with Gasteiger partial charge in [-0.3, -0.25) is 4.99 Å². The molecule has 27 heavy (non-hydrogen) atoms. The highest BCUT2D eigenvalue weighted by atomic mass is 127. The van der Waals surface area contributed by atoms with Crippen LogP contribution in [0.15, 0.2) is 23.2 Å². The molecule has 156 valence electrons. The standard InChI is InChI=1S/C17H30N4O4S.HI/c1-5-18-17(20-11-12-21-26(22,23)6-2)19-10-9-14-7-8-15(24-3)16(13-14)25-4;/h7-8,13,21H,5-6,9-12H2,1-4H3,(H2,18,19,20);1H. The molecule has 0 saturated heterocycles. The van der Waals surface area contributed by atoms with Crippen molar-refractivity contribution in [3.63, 3.8) is 0 Å². The number of benzene rings is 1. The van der Waals surface area contributed by atoms with Gasteiger partial charge in [0.15, 0.2) is 17.5 Å². The van der Waals surface area contributed by atoms with Crippen LogP contribution in [0.5, 0.6) is 11.5 Å². The monoisotopic (exact) mass is 514 g/mol. The summed E-state index contributed by atoms with van der Waals surface area (Å²) in [6.45, 7) is 5.63. The molecule has 0 saturated carbocycles. The van der Waals surface area contributed by atoms with Crippen molar-refractivity contribution in [2.24, 2.45) is 4.99 Å². The number of hydrogen-bond acceptors (Lipinski definition) is 5. The lowest BCUT2D eigenvalue weighted by molar-refractivity contribution is 0.354. The van der Waals surface area contributed by atoms with Gasteiger partial charge >= 0.3 is 0 Å². The predicted octanol–water partition coefficient (Wildman–Crippen LogP) is 1.36. The van der Waals surface area contributed by atoms with Crippen LogP contribution in [0.4, 0.5) is 0 Å². The van der Waals surface area contributed by atoms with E-state index in [9.17, 15) is 8.42 Å². The van der Waals surface area contributed by atoms with E-state index in [0.717, 1.165) is 18.5 Å². The summed E-state index contributed by atoms with van der Waals surface area (Å²) in [5.41, 5.74) is 1.11. The van der Waals surface area contributed by atoms with E-state index in [4.69, 9.17) is 9.47 Å². The second-order valence-corrected chi connectivity index (χ2v) is 7.52. The first kappa shape index (κ1) is 25.7. The average Bonchev–Trinajstić information content (AvgIpc) is 2.65. The fourth-order valence-corrected chi connectivity index (χ4v) is 2.78. The molecule has 0 spiro atoms. The second-order valence-electron chi connectivity index (χ2n) is 5.42. The fraction of sp³-hybridized carbons (Fsp3) is 0.588. The Morgan fingerprint density at radius 3 is 2.37 bits per heavy atom. The van der Waals surface area contributed by atoms with Crippen LogP contribution in [0.1, 0.15) is 19.4 Å². The summed E-state index contributed by atoms with van der Waals surface area (Å²) in [6, 6.07) is 5.82. The molecule has 0 atom stereocenters. The largest absolute Gasteiger partial charge is 0.493 e. The highest BCUT2D eigenvalue weighted by Gasteiger charge is 2.06. The SMILES string of the molecule is CCNC(=NCCNS(=O)(=O)CC)NCCc1ccc(OC)c(OC)c1.I. The number of aliphatic imine (C=N–C) groups is 1. The van der Waals surface area contributed by atoms with Crippen LogP contribution in [-0.4, -0.2) is 60.5 Å². The zero-order valence-corrected chi connectivity index (χ0v) is 19.5. The van der Waals surface area contributed by atoms with Crippen LogP contribution in [0.3, 0.4) is 0 Å². The van der Waals surface area contributed by atoms with Gasteiger partial charge in [-0.05, 0) is 38.0 Å². The molecular weight excluding hydrogens is 483 g/mol. The van der Waals surface area contributed by atoms with Crippen molar-refractivity contribution >= 4 is 40.0 Å². The van der Waals surface area contributed by atoms with Gasteiger partial charge in [0.1, 0.15) is 0 Å². The lowest BCUT2D eigenvalue weighted by Crippen LogP contribution is -2.39. The lowest BCUT2D eigenvalue weighted by atomic mass is 10.1. The Bertz CT molecular complexity index is 684. The minimum Gasteiger partial charge on any atom is -0.493 e. The summed E-state index contributed by atoms with van der Waals surface area (Å²) < 4.78 is 35.8. The molecule has 0 aliphatic heterocycles. The highest BCUT2D eigenvalue weighted by molar-refractivity contribution is 14.0. The van der Waals surface area contributed by atoms with Crippen molar-refractivity contribution in [2.75, 3.05) is 46.2 Å². The number of methoxy groups -OCH3 is 2. The van der Waals surface area contributed by atoms with E-state index in [2.05, 4.69) is 20.3 Å². The van der Waals surface area contributed by atoms with Gasteiger partial charge < -0.3 is 20.1 Å². The molecule has 1 rings (SSSR count). The molecule has 0 amide bonds. The number of hydrogen-bond donors (Lipinski definition) is 3. The van der Waals surface area contributed by atoms with E-state index >= 15 is 0 Å². The number of sulfonamides is 1. The Labute approximate surface area is 179 Å². The van der Waals surface area contributed by atoms with Gasteiger partial charge in [-0.2, -0.15) is 0 Å². The van der Waals surface area contributed by atoms with Crippen LogP contribution < -0.4 is 24.8 Å². The van der Waals surface area contributed by atoms with Crippen molar-refractivity contribution in [1.82, 2.24) is 15.4 Å². The first-order chi connectivity index (χ1) is 12.5. The Hall–Kier alpha value is -1.27. The quantitative estimate of drug-likeness (QED) is 0.179. The molecule has 10 heteroatoms. The Morgan fingerprint density at radius 2 is 1.78 bits per heavy atom. The normalized spacial score (nSPS) is 11.5. The average molecular weight is 514 g/mol. The van der Waals surface area contributed by atoms with Crippen LogP contribution in [-0.2, 0) is 16.4 Å². The molecular formula is C17H31IN4O4S. The Morgan fingerprint density at radius 1 is 1.07 bits per heavy atom. The molecule has 0 unspecified atom stereocenters. The van der Waals surface area contributed by atoms with Crippen molar-refractivity contribution in [3.8, 4) is 11.5 Å². The minimum absolute atomic E-state index is 0. The summed E-state index contributed by atoms with van der Waals surface area (Å²) in [5.74, 6) is 2.13. The van der Waals surface area contributed by atoms with E-state index in [-0.39, 0.29) is 36.3 Å². The number of guanidine groups is 1. The van der Waals surface area contributed by atoms with Gasteiger partial charge in [0, 0.05) is 19.6 Å². The van der Waals surface area contributed by atoms with Gasteiger partial charge in [0.2, 0.25) is 10.0 Å². The molecule has 0 aromatic heterocycles. The number of ether oxygens (including phenoxy) is 2. The predicted molar refractivity (Wildman–Crippen MR) is 120 cm³/mol. The summed E-state index contributed by atoms with van der Waals surface area (Å²) in [5, 5.41) is 6.37. The maximum absolute atomic E-state index is 11.4. The van der Waals surface area contributed by atoms with Crippen LogP contribution in [0.25, 0.3) is 0 Å². The molecule has 0 fully saturated rings. The third kappa shape index (κ3) is 10.0. The topological polar surface area (TPSA) is 101 Å². The summed E-state index contributed by atoms with van der Waals surface area (Å²) >= 11 is 0. The molecule has 8 nitrogen and oxygen atoms in total. The number of halogens is 1. The lowest BCUT2D eigenvalue weighted by Gasteiger charge is -2.13. The highest BCUT2D eigenvalue weighted by Crippen LogP contribution is 2.27. The van der Waals surface area contributed by atoms with Crippen molar-refractivity contribution < 1.29 is 17.9 Å². The molecule has 0 radical (unpaired) electrons. The fourth-order valence-electron chi connectivity index (χ4n) is 2.17. The second kappa shape index (κ2) is 13.8. The molecule has 0 bridgehead atoms. The van der Waals surface area contributed by atoms with E-state index in [0.29, 0.717) is 30.5 Å². The van der Waals surface area contributed by atoms with Crippen molar-refractivity contribution in [3.05, 3.63) is 23.8 Å². The van der Waals surface area contributed by atoms with Crippen LogP contribution >= 0.6 is 24.0 Å². The Balaban J connectivity index is 0.00000676. The van der Waals surface area contributed by atoms with Crippen LogP contribution in [0, 0.1) is 0 Å². The van der Waals surface area contributed by atoms with E-state index < -0.39 is 10.0 Å². The van der Waals surface area contributed by atoms with Crippen LogP contribution in [0.2, 0.25) is 0 Å². The minimum atomic E-state index is -3.18. The smallest absolute Gasteiger partial charge is 0.211 e. The Kier molecular flexibility index (Phi) is 13.2. The molecule has 1 aromatic rings. The van der Waals surface area contributed by atoms with Gasteiger partial charge in [-0.1, -0.05) is 6.07 Å². The van der Waals surface area contributed by atoms with E-state index in [1.165, 1.54) is 0 Å². The maximum Gasteiger partial charge on any atom is 0.211 e. The van der Waals surface area contributed by atoms with E-state index in [1.807, 2.05) is 25.1 Å². The maximum atomic E-state index is 11.4. The molecule has 0 heterocycles. The summed E-state index contributed by atoms with van der Waals surface area (Å²) in [6.07, 6.45) is 0.785. The van der Waals surface area contributed by atoms with Gasteiger partial charge in [-0.25, -0.2) is 13.1 Å². The molecule has 0 aliphatic carbocycles. The summed E-state index contributed by atoms with van der Waals surface area (Å²) in [4.78, 5) is 4.37. The molecule has 3 N–H and O–H groups in total. The number of nitrogens with zero attached hydrogens (tertiary/aromatic N) is 1. The van der Waals surface area contributed by atoms with Gasteiger partial charge in [0.25, 0.3) is 0 Å². The third-order valence-corrected chi connectivity index (χ3v) is 4.99. The zero-order chi connectivity index (χ0) is 19.4. The van der Waals surface area contributed by atoms with Gasteiger partial charge in [-0.15, -0.1) is 24.0 Å². The van der Waals surface area contributed by atoms with Crippen molar-refractivity contribution in [2.45, 2.75) is 20.3 Å². The number of rotatable bonds is 11. The van der Waals surface area contributed by atoms with E-state index in [1.54, 1.807) is 21.1 Å². The first-order valence-electron chi connectivity index (χ1n) is 8.66. The summed E-state index contributed by atoms with van der Waals surface area (Å²) in [7, 11) is 0.0464. The number of nitrogens with one attached hydrogen (secondary N) is 3. The van der Waals surface area contributed by atoms with Crippen molar-refractivity contribution in [1.29, 1.82) is 0 Å². The third-order valence-electron chi connectivity index (χ3n) is 3.58. The molecule has 1 aromatic carbocycles. The zero-order valence-electron chi connectivity index (χ0n) is 16.4. The molecule has 0 aliphatic rings. The van der Waals surface area contributed by atoms with Gasteiger partial charge in [0.05, 0.1) is 26.5 Å².